The summed E-state index contributed by atoms with van der Waals surface area (Å²) in [6, 6.07) is 13.7. The van der Waals surface area contributed by atoms with Gasteiger partial charge in [0.2, 0.25) is 5.91 Å². The van der Waals surface area contributed by atoms with E-state index in [1.807, 2.05) is 18.2 Å². The summed E-state index contributed by atoms with van der Waals surface area (Å²) in [7, 11) is 0. The van der Waals surface area contributed by atoms with Gasteiger partial charge in [-0.05, 0) is 30.3 Å². The Balaban J connectivity index is 1.52. The molecule has 0 aromatic heterocycles. The van der Waals surface area contributed by atoms with Gasteiger partial charge in [0.05, 0.1) is 16.6 Å². The highest BCUT2D eigenvalue weighted by Crippen LogP contribution is 2.26. The maximum Gasteiger partial charge on any atom is 0.311 e. The number of nitrogens with zero attached hydrogens (tertiary/aromatic N) is 1. The highest BCUT2D eigenvalue weighted by Gasteiger charge is 2.36. The summed E-state index contributed by atoms with van der Waals surface area (Å²) in [5.74, 6) is -1.87. The number of hydrogen-bond donors (Lipinski definition) is 1. The van der Waals surface area contributed by atoms with E-state index in [0.29, 0.717) is 10.7 Å². The molecule has 1 atom stereocenters. The zero-order valence-electron chi connectivity index (χ0n) is 14.2. The number of benzene rings is 2. The maximum absolute atomic E-state index is 12.2. The fourth-order valence-corrected chi connectivity index (χ4v) is 3.21. The summed E-state index contributed by atoms with van der Waals surface area (Å²) >= 11 is 11.8. The van der Waals surface area contributed by atoms with Gasteiger partial charge in [-0.3, -0.25) is 14.4 Å². The van der Waals surface area contributed by atoms with Crippen molar-refractivity contribution in [3.05, 3.63) is 58.6 Å². The average Bonchev–Trinajstić information content (AvgIpc) is 3.04. The number of halogens is 2. The number of nitrogens with one attached hydrogen (secondary N) is 1. The van der Waals surface area contributed by atoms with Crippen molar-refractivity contribution < 1.29 is 19.1 Å². The SMILES string of the molecule is O=C(COC(=O)[C@H]1CC(=O)N(c2ccccc2)C1)Nc1ccc(Cl)cc1Cl. The van der Waals surface area contributed by atoms with Crippen LogP contribution in [0.2, 0.25) is 10.0 Å². The van der Waals surface area contributed by atoms with Gasteiger partial charge in [-0.15, -0.1) is 0 Å². The highest BCUT2D eigenvalue weighted by atomic mass is 35.5. The third kappa shape index (κ3) is 4.78. The van der Waals surface area contributed by atoms with Crippen LogP contribution < -0.4 is 10.2 Å². The Labute approximate surface area is 166 Å². The Hall–Kier alpha value is -2.57. The summed E-state index contributed by atoms with van der Waals surface area (Å²) in [6.07, 6.45) is 0.0539. The second-order valence-corrected chi connectivity index (χ2v) is 6.86. The Kier molecular flexibility index (Phi) is 5.98. The van der Waals surface area contributed by atoms with Crippen LogP contribution in [-0.2, 0) is 19.1 Å². The second kappa shape index (κ2) is 8.41. The van der Waals surface area contributed by atoms with Gasteiger partial charge in [0.15, 0.2) is 6.61 Å². The molecule has 1 aliphatic heterocycles. The van der Waals surface area contributed by atoms with E-state index in [2.05, 4.69) is 5.32 Å². The second-order valence-electron chi connectivity index (χ2n) is 6.02. The predicted molar refractivity (Wildman–Crippen MR) is 103 cm³/mol. The minimum Gasteiger partial charge on any atom is -0.455 e. The van der Waals surface area contributed by atoms with Gasteiger partial charge in [0, 0.05) is 23.7 Å². The van der Waals surface area contributed by atoms with Crippen molar-refractivity contribution in [1.82, 2.24) is 0 Å². The zero-order chi connectivity index (χ0) is 19.4. The molecule has 27 heavy (non-hydrogen) atoms. The van der Waals surface area contributed by atoms with Gasteiger partial charge in [-0.2, -0.15) is 0 Å². The summed E-state index contributed by atoms with van der Waals surface area (Å²) in [5, 5.41) is 3.27. The van der Waals surface area contributed by atoms with E-state index in [1.54, 1.807) is 29.2 Å². The number of carbonyl (C=O) groups is 3. The lowest BCUT2D eigenvalue weighted by atomic mass is 10.1. The number of para-hydroxylation sites is 1. The monoisotopic (exact) mass is 406 g/mol. The standard InChI is InChI=1S/C19H16Cl2N2O4/c20-13-6-7-16(15(21)9-13)22-17(24)11-27-19(26)12-8-18(25)23(10-12)14-4-2-1-3-5-14/h1-7,9,12H,8,10-11H2,(H,22,24)/t12-/m0/s1. The highest BCUT2D eigenvalue weighted by molar-refractivity contribution is 6.36. The fourth-order valence-electron chi connectivity index (χ4n) is 2.75. The maximum atomic E-state index is 12.2. The Bertz CT molecular complexity index is 873. The third-order valence-corrected chi connectivity index (χ3v) is 4.62. The number of ether oxygens (including phenoxy) is 1. The molecule has 1 N–H and O–H groups in total. The van der Waals surface area contributed by atoms with Crippen molar-refractivity contribution in [2.24, 2.45) is 5.92 Å². The molecule has 140 valence electrons. The number of rotatable bonds is 5. The molecule has 0 aliphatic carbocycles. The first-order chi connectivity index (χ1) is 12.9. The molecule has 2 aromatic rings. The van der Waals surface area contributed by atoms with E-state index in [-0.39, 0.29) is 23.9 Å². The summed E-state index contributed by atoms with van der Waals surface area (Å²) in [5.41, 5.74) is 1.10. The molecule has 8 heteroatoms. The molecule has 2 aromatic carbocycles. The van der Waals surface area contributed by atoms with E-state index < -0.39 is 24.4 Å². The van der Waals surface area contributed by atoms with Crippen LogP contribution in [0.3, 0.4) is 0 Å². The van der Waals surface area contributed by atoms with E-state index in [1.165, 1.54) is 6.07 Å². The molecular formula is C19H16Cl2N2O4. The van der Waals surface area contributed by atoms with Gasteiger partial charge in [0.1, 0.15) is 0 Å². The van der Waals surface area contributed by atoms with Crippen LogP contribution in [0.1, 0.15) is 6.42 Å². The molecule has 0 radical (unpaired) electrons. The van der Waals surface area contributed by atoms with Gasteiger partial charge in [0.25, 0.3) is 5.91 Å². The van der Waals surface area contributed by atoms with Crippen LogP contribution in [0, 0.1) is 5.92 Å². The predicted octanol–water partition coefficient (Wildman–Crippen LogP) is 3.53. The van der Waals surface area contributed by atoms with Gasteiger partial charge < -0.3 is 15.0 Å². The van der Waals surface area contributed by atoms with Crippen LogP contribution in [0.25, 0.3) is 0 Å². The van der Waals surface area contributed by atoms with E-state index in [0.717, 1.165) is 5.69 Å². The van der Waals surface area contributed by atoms with Crippen molar-refractivity contribution in [2.75, 3.05) is 23.4 Å². The van der Waals surface area contributed by atoms with Crippen molar-refractivity contribution in [3.63, 3.8) is 0 Å². The molecule has 1 aliphatic rings. The lowest BCUT2D eigenvalue weighted by Crippen LogP contribution is -2.28. The first-order valence-electron chi connectivity index (χ1n) is 8.21. The molecule has 0 saturated carbocycles. The third-order valence-electron chi connectivity index (χ3n) is 4.08. The molecule has 0 unspecified atom stereocenters. The largest absolute Gasteiger partial charge is 0.455 e. The smallest absolute Gasteiger partial charge is 0.311 e. The van der Waals surface area contributed by atoms with Gasteiger partial charge >= 0.3 is 5.97 Å². The number of hydrogen-bond acceptors (Lipinski definition) is 4. The molecule has 2 amide bonds. The molecule has 1 fully saturated rings. The Morgan fingerprint density at radius 3 is 2.59 bits per heavy atom. The first kappa shape index (κ1) is 19.2. The summed E-state index contributed by atoms with van der Waals surface area (Å²) < 4.78 is 5.06. The molecule has 3 rings (SSSR count). The van der Waals surface area contributed by atoms with Crippen LogP contribution in [0.5, 0.6) is 0 Å². The normalized spacial score (nSPS) is 16.3. The zero-order valence-corrected chi connectivity index (χ0v) is 15.7. The number of amides is 2. The number of esters is 1. The molecule has 6 nitrogen and oxygen atoms in total. The molecule has 1 heterocycles. The van der Waals surface area contributed by atoms with E-state index in [4.69, 9.17) is 27.9 Å². The van der Waals surface area contributed by atoms with Crippen LogP contribution in [0.15, 0.2) is 48.5 Å². The van der Waals surface area contributed by atoms with Crippen LogP contribution in [-0.4, -0.2) is 30.9 Å². The lowest BCUT2D eigenvalue weighted by molar-refractivity contribution is -0.151. The fraction of sp³-hybridized carbons (Fsp3) is 0.211. The van der Waals surface area contributed by atoms with Crippen molar-refractivity contribution in [2.45, 2.75) is 6.42 Å². The summed E-state index contributed by atoms with van der Waals surface area (Å²) in [6.45, 7) is -0.236. The number of anilines is 2. The van der Waals surface area contributed by atoms with E-state index >= 15 is 0 Å². The van der Waals surface area contributed by atoms with Crippen molar-refractivity contribution >= 4 is 52.4 Å². The molecule has 0 spiro atoms. The minimum atomic E-state index is -0.607. The summed E-state index contributed by atoms with van der Waals surface area (Å²) in [4.78, 5) is 37.9. The van der Waals surface area contributed by atoms with Crippen LogP contribution >= 0.6 is 23.2 Å². The Morgan fingerprint density at radius 1 is 1.15 bits per heavy atom. The quantitative estimate of drug-likeness (QED) is 0.770. The van der Waals surface area contributed by atoms with Gasteiger partial charge in [-0.1, -0.05) is 41.4 Å². The van der Waals surface area contributed by atoms with Crippen molar-refractivity contribution in [1.29, 1.82) is 0 Å². The van der Waals surface area contributed by atoms with Crippen molar-refractivity contribution in [3.8, 4) is 0 Å². The molecule has 1 saturated heterocycles. The topological polar surface area (TPSA) is 75.7 Å². The molecular weight excluding hydrogens is 391 g/mol. The first-order valence-corrected chi connectivity index (χ1v) is 8.96. The van der Waals surface area contributed by atoms with E-state index in [9.17, 15) is 14.4 Å². The minimum absolute atomic E-state index is 0.0539. The van der Waals surface area contributed by atoms with Gasteiger partial charge in [-0.25, -0.2) is 0 Å². The Morgan fingerprint density at radius 2 is 1.89 bits per heavy atom. The van der Waals surface area contributed by atoms with Crippen LogP contribution in [0.4, 0.5) is 11.4 Å². The average molecular weight is 407 g/mol. The number of carbonyl (C=O) groups excluding carboxylic acids is 3. The lowest BCUT2D eigenvalue weighted by Gasteiger charge is -2.16. The molecule has 0 bridgehead atoms.